The van der Waals surface area contributed by atoms with Crippen LogP contribution < -0.4 is 5.32 Å². The zero-order valence-electron chi connectivity index (χ0n) is 17.3. The average molecular weight is 501 g/mol. The van der Waals surface area contributed by atoms with E-state index >= 15 is 0 Å². The quantitative estimate of drug-likeness (QED) is 0.362. The number of hydrogen-bond donors (Lipinski definition) is 1. The maximum atomic E-state index is 13.8. The Morgan fingerprint density at radius 3 is 2.42 bits per heavy atom. The maximum Gasteiger partial charge on any atom is 0.416 e. The van der Waals surface area contributed by atoms with Gasteiger partial charge >= 0.3 is 6.18 Å². The minimum absolute atomic E-state index is 0.0566. The molecule has 11 heteroatoms. The number of benzene rings is 2. The number of carbonyl (C=O) groups excluding carboxylic acids is 1. The smallest absolute Gasteiger partial charge is 0.320 e. The Hall–Kier alpha value is -2.98. The summed E-state index contributed by atoms with van der Waals surface area (Å²) in [7, 11) is -3.66. The summed E-state index contributed by atoms with van der Waals surface area (Å²) in [5, 5.41) is 2.53. The molecular formula is C22H17ClF4N2O3S. The van der Waals surface area contributed by atoms with Gasteiger partial charge in [-0.2, -0.15) is 13.2 Å². The van der Waals surface area contributed by atoms with Gasteiger partial charge < -0.3 is 5.32 Å². The Labute approximate surface area is 192 Å². The molecular weight excluding hydrogens is 484 g/mol. The van der Waals surface area contributed by atoms with Gasteiger partial charge in [-0.25, -0.2) is 17.8 Å². The molecule has 0 aliphatic heterocycles. The van der Waals surface area contributed by atoms with Gasteiger partial charge in [0.25, 0.3) is 5.91 Å². The maximum absolute atomic E-state index is 13.8. The van der Waals surface area contributed by atoms with Crippen LogP contribution in [0.25, 0.3) is 11.1 Å². The molecule has 0 aliphatic rings. The van der Waals surface area contributed by atoms with Crippen molar-refractivity contribution in [2.24, 2.45) is 0 Å². The fourth-order valence-corrected chi connectivity index (χ4v) is 4.13. The molecule has 3 aromatic rings. The van der Waals surface area contributed by atoms with Crippen molar-refractivity contribution in [1.29, 1.82) is 0 Å². The normalized spacial score (nSPS) is 12.0. The first-order valence-electron chi connectivity index (χ1n) is 9.35. The Morgan fingerprint density at radius 1 is 1.09 bits per heavy atom. The summed E-state index contributed by atoms with van der Waals surface area (Å²) in [6.07, 6.45) is -2.72. The molecule has 0 saturated heterocycles. The summed E-state index contributed by atoms with van der Waals surface area (Å²) in [5.41, 5.74) is -0.304. The summed E-state index contributed by atoms with van der Waals surface area (Å²) < 4.78 is 77.0. The predicted molar refractivity (Wildman–Crippen MR) is 117 cm³/mol. The molecule has 3 rings (SSSR count). The van der Waals surface area contributed by atoms with E-state index in [4.69, 9.17) is 11.6 Å². The van der Waals surface area contributed by atoms with E-state index in [-0.39, 0.29) is 16.4 Å². The van der Waals surface area contributed by atoms with Gasteiger partial charge in [0, 0.05) is 17.4 Å². The van der Waals surface area contributed by atoms with Crippen LogP contribution in [-0.2, 0) is 21.8 Å². The lowest BCUT2D eigenvalue weighted by atomic mass is 9.99. The first-order valence-corrected chi connectivity index (χ1v) is 11.8. The number of alkyl halides is 3. The second-order valence-electron chi connectivity index (χ2n) is 7.45. The number of amides is 1. The van der Waals surface area contributed by atoms with Crippen LogP contribution in [-0.4, -0.2) is 25.6 Å². The van der Waals surface area contributed by atoms with E-state index in [0.29, 0.717) is 28.8 Å². The molecule has 5 nitrogen and oxygen atoms in total. The Morgan fingerprint density at radius 2 is 1.79 bits per heavy atom. The van der Waals surface area contributed by atoms with Gasteiger partial charge in [-0.3, -0.25) is 4.79 Å². The number of carbonyl (C=O) groups is 1. The third-order valence-electron chi connectivity index (χ3n) is 4.62. The van der Waals surface area contributed by atoms with Crippen LogP contribution in [0.3, 0.4) is 0 Å². The van der Waals surface area contributed by atoms with Gasteiger partial charge in [0.2, 0.25) is 0 Å². The van der Waals surface area contributed by atoms with Gasteiger partial charge in [0.1, 0.15) is 11.0 Å². The average Bonchev–Trinajstić information content (AvgIpc) is 2.69. The molecule has 0 saturated carbocycles. The molecule has 1 amide bonds. The fraction of sp³-hybridized carbons (Fsp3) is 0.182. The summed E-state index contributed by atoms with van der Waals surface area (Å²) in [6, 6.07) is 7.77. The largest absolute Gasteiger partial charge is 0.416 e. The second kappa shape index (κ2) is 9.11. The molecule has 33 heavy (non-hydrogen) atoms. The zero-order chi connectivity index (χ0) is 24.6. The second-order valence-corrected chi connectivity index (χ2v) is 9.98. The van der Waals surface area contributed by atoms with Crippen LogP contribution in [0.15, 0.2) is 48.7 Å². The topological polar surface area (TPSA) is 76.1 Å². The molecule has 0 bridgehead atoms. The molecule has 2 aromatic carbocycles. The molecule has 1 heterocycles. The van der Waals surface area contributed by atoms with Gasteiger partial charge in [0.05, 0.1) is 23.2 Å². The summed E-state index contributed by atoms with van der Waals surface area (Å²) in [5.74, 6) is -2.15. The number of anilines is 1. The van der Waals surface area contributed by atoms with Gasteiger partial charge in [0.15, 0.2) is 9.84 Å². The number of sulfone groups is 1. The van der Waals surface area contributed by atoms with E-state index in [2.05, 4.69) is 10.3 Å². The number of aromatic nitrogens is 1. The van der Waals surface area contributed by atoms with Gasteiger partial charge in [-0.1, -0.05) is 17.7 Å². The number of halogens is 5. The van der Waals surface area contributed by atoms with Crippen LogP contribution in [0, 0.1) is 12.7 Å². The van der Waals surface area contributed by atoms with Crippen molar-refractivity contribution < 1.29 is 30.8 Å². The molecule has 0 fully saturated rings. The van der Waals surface area contributed by atoms with Gasteiger partial charge in [-0.05, 0) is 60.0 Å². The Bertz CT molecular complexity index is 1340. The lowest BCUT2D eigenvalue weighted by Gasteiger charge is -2.15. The highest BCUT2D eigenvalue weighted by atomic mass is 35.5. The highest BCUT2D eigenvalue weighted by Gasteiger charge is 2.32. The van der Waals surface area contributed by atoms with Crippen molar-refractivity contribution >= 4 is 33.0 Å². The molecule has 0 unspecified atom stereocenters. The fourth-order valence-electron chi connectivity index (χ4n) is 3.20. The number of nitrogens with zero attached hydrogens (tertiary/aromatic N) is 1. The van der Waals surface area contributed by atoms with Crippen LogP contribution >= 0.6 is 11.6 Å². The number of pyridine rings is 1. The predicted octanol–water partition coefficient (Wildman–Crippen LogP) is 5.67. The van der Waals surface area contributed by atoms with Crippen molar-refractivity contribution in [2.45, 2.75) is 18.9 Å². The highest BCUT2D eigenvalue weighted by Crippen LogP contribution is 2.34. The van der Waals surface area contributed by atoms with E-state index in [1.165, 1.54) is 30.5 Å². The van der Waals surface area contributed by atoms with Crippen molar-refractivity contribution in [2.75, 3.05) is 11.6 Å². The van der Waals surface area contributed by atoms with E-state index in [1.54, 1.807) is 6.92 Å². The summed E-state index contributed by atoms with van der Waals surface area (Å²) in [4.78, 5) is 16.8. The first kappa shape index (κ1) is 24.7. The van der Waals surface area contributed by atoms with Gasteiger partial charge in [-0.15, -0.1) is 0 Å². The summed E-state index contributed by atoms with van der Waals surface area (Å²) in [6.45, 7) is 1.71. The number of rotatable bonds is 5. The van der Waals surface area contributed by atoms with E-state index in [9.17, 15) is 30.8 Å². The Kier molecular flexibility index (Phi) is 6.80. The van der Waals surface area contributed by atoms with Crippen LogP contribution in [0.5, 0.6) is 0 Å². The highest BCUT2D eigenvalue weighted by molar-refractivity contribution is 7.89. The summed E-state index contributed by atoms with van der Waals surface area (Å²) >= 11 is 5.97. The third kappa shape index (κ3) is 6.29. The number of hydrogen-bond acceptors (Lipinski definition) is 4. The van der Waals surface area contributed by atoms with Crippen molar-refractivity contribution in [1.82, 2.24) is 4.98 Å². The van der Waals surface area contributed by atoms with Crippen molar-refractivity contribution in [3.8, 4) is 11.1 Å². The lowest BCUT2D eigenvalue weighted by Crippen LogP contribution is -2.16. The molecule has 1 N–H and O–H groups in total. The lowest BCUT2D eigenvalue weighted by molar-refractivity contribution is -0.137. The first-order chi connectivity index (χ1) is 15.2. The van der Waals surface area contributed by atoms with Crippen molar-refractivity contribution in [3.63, 3.8) is 0 Å². The SMILES string of the molecule is Cc1ccc(F)cc1-c1cc(Cl)ncc1NC(=O)c1cc(CS(C)(=O)=O)cc(C(F)(F)F)c1. The van der Waals surface area contributed by atoms with Crippen LogP contribution in [0.4, 0.5) is 23.2 Å². The number of nitrogens with one attached hydrogen (secondary N) is 1. The minimum atomic E-state index is -4.80. The van der Waals surface area contributed by atoms with E-state index in [0.717, 1.165) is 12.3 Å². The molecule has 0 aliphatic carbocycles. The monoisotopic (exact) mass is 500 g/mol. The van der Waals surface area contributed by atoms with Crippen LogP contribution in [0.2, 0.25) is 5.15 Å². The third-order valence-corrected chi connectivity index (χ3v) is 5.68. The van der Waals surface area contributed by atoms with Crippen molar-refractivity contribution in [3.05, 3.63) is 81.9 Å². The van der Waals surface area contributed by atoms with Crippen LogP contribution in [0.1, 0.15) is 27.0 Å². The van der Waals surface area contributed by atoms with E-state index < -0.39 is 44.6 Å². The standard InChI is InChI=1S/C22H17ClF4N2O3S/c1-12-3-4-16(24)8-17(12)18-9-20(23)28-10-19(18)29-21(30)14-5-13(11-33(2,31)32)6-15(7-14)22(25,26)27/h3-10H,11H2,1-2H3,(H,29,30). The molecule has 174 valence electrons. The molecule has 0 radical (unpaired) electrons. The number of aryl methyl sites for hydroxylation is 1. The minimum Gasteiger partial charge on any atom is -0.320 e. The molecule has 0 atom stereocenters. The van der Waals surface area contributed by atoms with E-state index in [1.807, 2.05) is 0 Å². The zero-order valence-corrected chi connectivity index (χ0v) is 18.9. The molecule has 0 spiro atoms. The Balaban J connectivity index is 2.06. The molecule has 1 aromatic heterocycles.